The number of allylic oxidation sites excluding steroid dienone is 1. The van der Waals surface area contributed by atoms with Gasteiger partial charge in [0.2, 0.25) is 0 Å². The molecule has 56 heavy (non-hydrogen) atoms. The van der Waals surface area contributed by atoms with Gasteiger partial charge in [-0.2, -0.15) is 0 Å². The predicted octanol–water partition coefficient (Wildman–Crippen LogP) is 14.6. The Morgan fingerprint density at radius 1 is 0.393 bits per heavy atom. The summed E-state index contributed by atoms with van der Waals surface area (Å²) in [7, 11) is 0. The first-order valence-electron chi connectivity index (χ1n) is 18.8. The van der Waals surface area contributed by atoms with Crippen molar-refractivity contribution >= 4 is 65.2 Å². The number of rotatable bonds is 7. The molecule has 8 aromatic carbocycles. The van der Waals surface area contributed by atoms with Crippen LogP contribution >= 0.6 is 11.3 Å². The van der Waals surface area contributed by atoms with Crippen molar-refractivity contribution < 1.29 is 0 Å². The summed E-state index contributed by atoms with van der Waals surface area (Å²) in [6, 6.07) is 57.8. The summed E-state index contributed by atoms with van der Waals surface area (Å²) in [5.41, 5.74) is 9.74. The maximum absolute atomic E-state index is 5.10. The van der Waals surface area contributed by atoms with Gasteiger partial charge in [-0.3, -0.25) is 0 Å². The third-order valence-electron chi connectivity index (χ3n) is 10.6. The zero-order valence-corrected chi connectivity index (χ0v) is 31.6. The lowest BCUT2D eigenvalue weighted by Crippen LogP contribution is -2.00. The van der Waals surface area contributed by atoms with E-state index < -0.39 is 0 Å². The van der Waals surface area contributed by atoms with Gasteiger partial charge in [-0.05, 0) is 92.2 Å². The molecule has 0 aliphatic rings. The molecule has 10 aromatic rings. The second kappa shape index (κ2) is 14.0. The molecule has 0 aliphatic carbocycles. The lowest BCUT2D eigenvalue weighted by Gasteiger charge is -2.13. The van der Waals surface area contributed by atoms with Crippen molar-refractivity contribution in [3.8, 4) is 56.4 Å². The van der Waals surface area contributed by atoms with Gasteiger partial charge in [-0.15, -0.1) is 11.3 Å². The van der Waals surface area contributed by atoms with Crippen LogP contribution in [0.1, 0.15) is 18.1 Å². The van der Waals surface area contributed by atoms with Crippen LogP contribution in [0.3, 0.4) is 0 Å². The number of nitrogens with zero attached hydrogens (tertiary/aromatic N) is 3. The summed E-state index contributed by atoms with van der Waals surface area (Å²) >= 11 is 1.85. The molecule has 0 aliphatic heterocycles. The van der Waals surface area contributed by atoms with Crippen LogP contribution in [0.15, 0.2) is 176 Å². The molecule has 0 spiro atoms. The first-order valence-corrected chi connectivity index (χ1v) is 19.6. The van der Waals surface area contributed by atoms with E-state index in [2.05, 4.69) is 153 Å². The molecule has 264 valence electrons. The Balaban J connectivity index is 1.09. The minimum absolute atomic E-state index is 0.638. The molecule has 0 saturated carbocycles. The van der Waals surface area contributed by atoms with Crippen LogP contribution < -0.4 is 0 Å². The zero-order valence-electron chi connectivity index (χ0n) is 30.8. The van der Waals surface area contributed by atoms with Crippen molar-refractivity contribution in [1.29, 1.82) is 0 Å². The maximum Gasteiger partial charge on any atom is 0.164 e. The quantitative estimate of drug-likeness (QED) is 0.153. The van der Waals surface area contributed by atoms with Gasteiger partial charge in [0.1, 0.15) is 0 Å². The van der Waals surface area contributed by atoms with E-state index >= 15 is 0 Å². The molecular formula is C52H35N3S. The highest BCUT2D eigenvalue weighted by molar-refractivity contribution is 7.26. The van der Waals surface area contributed by atoms with E-state index in [9.17, 15) is 0 Å². The average molecular weight is 734 g/mol. The fraction of sp³-hybridized carbons (Fsp3) is 0.0192. The normalized spacial score (nSPS) is 11.7. The van der Waals surface area contributed by atoms with Crippen molar-refractivity contribution in [3.05, 3.63) is 188 Å². The Labute approximate surface area is 329 Å². The van der Waals surface area contributed by atoms with Crippen molar-refractivity contribution in [1.82, 2.24) is 15.0 Å². The first kappa shape index (κ1) is 33.6. The van der Waals surface area contributed by atoms with E-state index in [1.54, 1.807) is 0 Å². The van der Waals surface area contributed by atoms with Crippen LogP contribution in [-0.2, 0) is 0 Å². The smallest absolute Gasteiger partial charge is 0.164 e. The third-order valence-corrected chi connectivity index (χ3v) is 11.7. The fourth-order valence-electron chi connectivity index (χ4n) is 7.91. The van der Waals surface area contributed by atoms with Crippen molar-refractivity contribution in [2.45, 2.75) is 6.92 Å². The van der Waals surface area contributed by atoms with Gasteiger partial charge in [0.15, 0.2) is 17.5 Å². The minimum atomic E-state index is 0.638. The molecule has 0 atom stereocenters. The summed E-state index contributed by atoms with van der Waals surface area (Å²) in [6.07, 6.45) is 6.34. The Kier molecular flexibility index (Phi) is 8.39. The number of benzene rings is 8. The lowest BCUT2D eigenvalue weighted by molar-refractivity contribution is 1.07. The second-order valence-electron chi connectivity index (χ2n) is 14.0. The molecule has 0 unspecified atom stereocenters. The molecule has 10 rings (SSSR count). The van der Waals surface area contributed by atoms with Gasteiger partial charge in [0.05, 0.1) is 0 Å². The summed E-state index contributed by atoms with van der Waals surface area (Å²) < 4.78 is 2.54. The topological polar surface area (TPSA) is 38.7 Å². The number of thiophene rings is 1. The number of fused-ring (bicyclic) bond motifs is 6. The summed E-state index contributed by atoms with van der Waals surface area (Å²) in [5.74, 6) is 1.92. The highest BCUT2D eigenvalue weighted by Crippen LogP contribution is 2.43. The van der Waals surface area contributed by atoms with E-state index in [0.717, 1.165) is 38.9 Å². The summed E-state index contributed by atoms with van der Waals surface area (Å²) in [5, 5.41) is 7.54. The van der Waals surface area contributed by atoms with E-state index in [0.29, 0.717) is 17.5 Å². The Hall–Kier alpha value is -7.01. The number of hydrogen-bond donors (Lipinski definition) is 0. The SMILES string of the molecule is C=Cc1c(/C=C\C)c2cc3c(cc2c2ccccc12)sc1cc(-c2cccc(-c4nc(-c5ccccc5)nc(-c5cccc(-c6ccccc6)c5)n4)c2)ccc13. The monoisotopic (exact) mass is 733 g/mol. The molecule has 0 bridgehead atoms. The molecular weight excluding hydrogens is 699 g/mol. The van der Waals surface area contributed by atoms with Gasteiger partial charge < -0.3 is 0 Å². The maximum atomic E-state index is 5.10. The van der Waals surface area contributed by atoms with Gasteiger partial charge in [-0.1, -0.05) is 158 Å². The highest BCUT2D eigenvalue weighted by Gasteiger charge is 2.17. The van der Waals surface area contributed by atoms with E-state index in [4.69, 9.17) is 15.0 Å². The standard InChI is InChI=1S/C52H35N3S/c1-3-15-41-40(4-2)42-24-11-12-25-43(42)46-32-49-47(31-45(41)46)44-27-26-37(30-48(44)56-49)36-21-14-23-39(29-36)52-54-50(34-18-9-6-10-19-34)53-51(55-52)38-22-13-20-35(28-38)33-16-7-5-8-17-33/h3-32H,2H2,1H3/b15-3-. The third kappa shape index (κ3) is 5.88. The van der Waals surface area contributed by atoms with Crippen LogP contribution in [0.25, 0.3) is 110 Å². The molecule has 0 radical (unpaired) electrons. The van der Waals surface area contributed by atoms with Crippen LogP contribution in [0.2, 0.25) is 0 Å². The molecule has 3 nitrogen and oxygen atoms in total. The largest absolute Gasteiger partial charge is 0.208 e. The zero-order chi connectivity index (χ0) is 37.6. The summed E-state index contributed by atoms with van der Waals surface area (Å²) in [6.45, 7) is 6.28. The predicted molar refractivity (Wildman–Crippen MR) is 240 cm³/mol. The van der Waals surface area contributed by atoms with Crippen LogP contribution in [0.4, 0.5) is 0 Å². The van der Waals surface area contributed by atoms with Gasteiger partial charge in [0, 0.05) is 36.9 Å². The molecule has 0 amide bonds. The molecule has 2 heterocycles. The van der Waals surface area contributed by atoms with E-state index in [1.165, 1.54) is 52.8 Å². The molecule has 0 fully saturated rings. The Morgan fingerprint density at radius 3 is 1.59 bits per heavy atom. The van der Waals surface area contributed by atoms with Crippen molar-refractivity contribution in [2.75, 3.05) is 0 Å². The Morgan fingerprint density at radius 2 is 0.929 bits per heavy atom. The van der Waals surface area contributed by atoms with Crippen LogP contribution in [0, 0.1) is 0 Å². The van der Waals surface area contributed by atoms with Gasteiger partial charge >= 0.3 is 0 Å². The number of hydrogen-bond acceptors (Lipinski definition) is 4. The van der Waals surface area contributed by atoms with Gasteiger partial charge in [-0.25, -0.2) is 15.0 Å². The van der Waals surface area contributed by atoms with Crippen molar-refractivity contribution in [3.63, 3.8) is 0 Å². The number of aromatic nitrogens is 3. The Bertz CT molecular complexity index is 3160. The second-order valence-corrected chi connectivity index (χ2v) is 15.1. The van der Waals surface area contributed by atoms with E-state index in [-0.39, 0.29) is 0 Å². The first-order chi connectivity index (χ1) is 27.6. The molecule has 2 aromatic heterocycles. The van der Waals surface area contributed by atoms with Gasteiger partial charge in [0.25, 0.3) is 0 Å². The van der Waals surface area contributed by atoms with Crippen molar-refractivity contribution in [2.24, 2.45) is 0 Å². The summed E-state index contributed by atoms with van der Waals surface area (Å²) in [4.78, 5) is 15.1. The minimum Gasteiger partial charge on any atom is -0.208 e. The fourth-order valence-corrected chi connectivity index (χ4v) is 9.08. The molecule has 0 saturated heterocycles. The average Bonchev–Trinajstić information content (AvgIpc) is 3.63. The van der Waals surface area contributed by atoms with E-state index in [1.807, 2.05) is 53.8 Å². The highest BCUT2D eigenvalue weighted by atomic mass is 32.1. The molecule has 0 N–H and O–H groups in total. The lowest BCUT2D eigenvalue weighted by atomic mass is 9.90. The van der Waals surface area contributed by atoms with Crippen LogP contribution in [-0.4, -0.2) is 15.0 Å². The molecule has 4 heteroatoms. The van der Waals surface area contributed by atoms with Crippen LogP contribution in [0.5, 0.6) is 0 Å².